The molecule has 1 aliphatic heterocycles. The third-order valence-corrected chi connectivity index (χ3v) is 1.45. The molecule has 0 aromatic carbocycles. The van der Waals surface area contributed by atoms with Gasteiger partial charge in [-0.1, -0.05) is 8.96 Å². The molecule has 0 aromatic rings. The lowest BCUT2D eigenvalue weighted by Crippen LogP contribution is -2.30. The van der Waals surface area contributed by atoms with E-state index in [1.165, 1.54) is 0 Å². The molecule has 0 unspecified atom stereocenters. The van der Waals surface area contributed by atoms with Crippen molar-refractivity contribution in [3.8, 4) is 0 Å². The van der Waals surface area contributed by atoms with Crippen LogP contribution < -0.4 is 0 Å². The summed E-state index contributed by atoms with van der Waals surface area (Å²) in [7, 11) is 0. The first-order valence-electron chi connectivity index (χ1n) is 3.07. The molecule has 0 saturated carbocycles. The molecule has 10 heavy (non-hydrogen) atoms. The van der Waals surface area contributed by atoms with E-state index in [4.69, 9.17) is 0 Å². The minimum Gasteiger partial charge on any atom is -0.324 e. The molecule has 0 aromatic heterocycles. The number of nitrogens with zero attached hydrogens (tertiary/aromatic N) is 2. The fourth-order valence-corrected chi connectivity index (χ4v) is 0.983. The van der Waals surface area contributed by atoms with E-state index in [-0.39, 0.29) is 5.91 Å². The lowest BCUT2D eigenvalue weighted by atomic mass is 10.4. The number of hydrogen-bond acceptors (Lipinski definition) is 2. The van der Waals surface area contributed by atoms with Crippen molar-refractivity contribution in [2.75, 3.05) is 13.2 Å². The SMILES string of the molecule is O=C1CCCN1CN(F)F. The summed E-state index contributed by atoms with van der Waals surface area (Å²) < 4.78 is 23.0. The van der Waals surface area contributed by atoms with Gasteiger partial charge < -0.3 is 4.90 Å². The Hall–Kier alpha value is -0.710. The molecular weight excluding hydrogens is 142 g/mol. The number of halogens is 2. The highest BCUT2D eigenvalue weighted by molar-refractivity contribution is 5.77. The van der Waals surface area contributed by atoms with E-state index in [0.717, 1.165) is 4.90 Å². The molecule has 1 rings (SSSR count). The minimum absolute atomic E-state index is 0.180. The van der Waals surface area contributed by atoms with Crippen LogP contribution in [0.4, 0.5) is 8.96 Å². The molecular formula is C5H8F2N2O. The number of amides is 1. The Bertz CT molecular complexity index is 140. The fourth-order valence-electron chi connectivity index (χ4n) is 0.983. The van der Waals surface area contributed by atoms with Gasteiger partial charge in [0.25, 0.3) is 0 Å². The summed E-state index contributed by atoms with van der Waals surface area (Å²) in [5, 5.41) is -0.983. The number of carbonyl (C=O) groups excluding carboxylic acids is 1. The summed E-state index contributed by atoms with van der Waals surface area (Å²) in [6.07, 6.45) is 1.11. The van der Waals surface area contributed by atoms with Gasteiger partial charge in [0.2, 0.25) is 5.91 Å². The number of likely N-dealkylation sites (tertiary alicyclic amines) is 1. The summed E-state index contributed by atoms with van der Waals surface area (Å²) in [6.45, 7) is -0.0952. The van der Waals surface area contributed by atoms with Gasteiger partial charge in [-0.25, -0.2) is 0 Å². The molecule has 1 heterocycles. The Morgan fingerprint density at radius 1 is 1.60 bits per heavy atom. The van der Waals surface area contributed by atoms with Crippen molar-refractivity contribution >= 4 is 5.91 Å². The zero-order valence-corrected chi connectivity index (χ0v) is 5.39. The Kier molecular flexibility index (Phi) is 2.16. The lowest BCUT2D eigenvalue weighted by Gasteiger charge is -2.13. The molecule has 0 bridgehead atoms. The summed E-state index contributed by atoms with van der Waals surface area (Å²) in [4.78, 5) is 11.8. The molecule has 1 amide bonds. The smallest absolute Gasteiger partial charge is 0.223 e. The van der Waals surface area contributed by atoms with Gasteiger partial charge in [-0.3, -0.25) is 4.79 Å². The van der Waals surface area contributed by atoms with Crippen LogP contribution in [0.1, 0.15) is 12.8 Å². The Morgan fingerprint density at radius 2 is 2.30 bits per heavy atom. The summed E-state index contributed by atoms with van der Waals surface area (Å²) in [6, 6.07) is 0. The van der Waals surface area contributed by atoms with E-state index in [2.05, 4.69) is 0 Å². The van der Waals surface area contributed by atoms with Crippen molar-refractivity contribution in [1.29, 1.82) is 0 Å². The quantitative estimate of drug-likeness (QED) is 0.539. The van der Waals surface area contributed by atoms with Crippen LogP contribution >= 0.6 is 0 Å². The van der Waals surface area contributed by atoms with Crippen LogP contribution in [0.3, 0.4) is 0 Å². The first-order valence-corrected chi connectivity index (χ1v) is 3.07. The van der Waals surface area contributed by atoms with E-state index in [1.807, 2.05) is 0 Å². The van der Waals surface area contributed by atoms with Gasteiger partial charge in [0, 0.05) is 18.3 Å². The normalized spacial score (nSPS) is 19.1. The molecule has 1 aliphatic rings. The minimum atomic E-state index is -0.983. The zero-order valence-electron chi connectivity index (χ0n) is 5.39. The van der Waals surface area contributed by atoms with Crippen LogP contribution in [0.5, 0.6) is 0 Å². The number of hydrogen-bond donors (Lipinski definition) is 0. The van der Waals surface area contributed by atoms with Crippen molar-refractivity contribution in [3.05, 3.63) is 0 Å². The first-order chi connectivity index (χ1) is 4.70. The molecule has 5 heteroatoms. The monoisotopic (exact) mass is 150 g/mol. The largest absolute Gasteiger partial charge is 0.324 e. The third kappa shape index (κ3) is 1.63. The van der Waals surface area contributed by atoms with Gasteiger partial charge in [0.05, 0.1) is 0 Å². The maximum Gasteiger partial charge on any atom is 0.223 e. The second-order valence-corrected chi connectivity index (χ2v) is 2.21. The molecule has 1 saturated heterocycles. The predicted octanol–water partition coefficient (Wildman–Crippen LogP) is 0.637. The number of carbonyl (C=O) groups is 1. The number of rotatable bonds is 2. The third-order valence-electron chi connectivity index (χ3n) is 1.45. The van der Waals surface area contributed by atoms with E-state index in [0.29, 0.717) is 19.4 Å². The molecule has 0 radical (unpaired) electrons. The Labute approximate surface area is 57.1 Å². The topological polar surface area (TPSA) is 23.6 Å². The second kappa shape index (κ2) is 2.92. The van der Waals surface area contributed by atoms with Crippen LogP contribution in [0.2, 0.25) is 0 Å². The standard InChI is InChI=1S/C5H8F2N2O/c6-9(7)4-8-3-1-2-5(8)10/h1-4H2. The molecule has 0 atom stereocenters. The van der Waals surface area contributed by atoms with Gasteiger partial charge >= 0.3 is 0 Å². The van der Waals surface area contributed by atoms with Gasteiger partial charge in [0.15, 0.2) is 0 Å². The van der Waals surface area contributed by atoms with E-state index in [1.54, 1.807) is 0 Å². The highest BCUT2D eigenvalue weighted by Gasteiger charge is 2.21. The predicted molar refractivity (Wildman–Crippen MR) is 29.9 cm³/mol. The first kappa shape index (κ1) is 7.40. The van der Waals surface area contributed by atoms with E-state index >= 15 is 0 Å². The highest BCUT2D eigenvalue weighted by Crippen LogP contribution is 2.10. The average Bonchev–Trinajstić information content (AvgIpc) is 2.15. The highest BCUT2D eigenvalue weighted by atomic mass is 19.4. The van der Waals surface area contributed by atoms with Crippen molar-refractivity contribution in [1.82, 2.24) is 10.2 Å². The molecule has 3 nitrogen and oxygen atoms in total. The van der Waals surface area contributed by atoms with Crippen molar-refractivity contribution in [2.24, 2.45) is 0 Å². The molecule has 0 spiro atoms. The van der Waals surface area contributed by atoms with Gasteiger partial charge in [-0.2, -0.15) is 0 Å². The maximum atomic E-state index is 11.5. The van der Waals surface area contributed by atoms with Crippen LogP contribution in [0.15, 0.2) is 0 Å². The molecule has 58 valence electrons. The summed E-state index contributed by atoms with van der Waals surface area (Å²) in [5.74, 6) is -0.180. The van der Waals surface area contributed by atoms with E-state index < -0.39 is 12.0 Å². The summed E-state index contributed by atoms with van der Waals surface area (Å²) in [5.41, 5.74) is 0. The zero-order chi connectivity index (χ0) is 7.56. The molecule has 0 aliphatic carbocycles. The van der Waals surface area contributed by atoms with Crippen molar-refractivity contribution < 1.29 is 13.8 Å². The van der Waals surface area contributed by atoms with Crippen LogP contribution in [0.25, 0.3) is 0 Å². The second-order valence-electron chi connectivity index (χ2n) is 2.21. The van der Waals surface area contributed by atoms with Gasteiger partial charge in [0.1, 0.15) is 6.67 Å². The average molecular weight is 150 g/mol. The van der Waals surface area contributed by atoms with Crippen LogP contribution in [0, 0.1) is 0 Å². The van der Waals surface area contributed by atoms with E-state index in [9.17, 15) is 13.8 Å². The molecule has 1 fully saturated rings. The lowest BCUT2D eigenvalue weighted by molar-refractivity contribution is -0.184. The fraction of sp³-hybridized carbons (Fsp3) is 0.800. The van der Waals surface area contributed by atoms with Crippen LogP contribution in [-0.2, 0) is 4.79 Å². The maximum absolute atomic E-state index is 11.5. The summed E-state index contributed by atoms with van der Waals surface area (Å²) >= 11 is 0. The van der Waals surface area contributed by atoms with Crippen LogP contribution in [-0.4, -0.2) is 29.4 Å². The van der Waals surface area contributed by atoms with Gasteiger partial charge in [-0.15, -0.1) is 0 Å². The Balaban J connectivity index is 2.33. The van der Waals surface area contributed by atoms with Crippen molar-refractivity contribution in [3.63, 3.8) is 0 Å². The Morgan fingerprint density at radius 3 is 2.70 bits per heavy atom. The van der Waals surface area contributed by atoms with Gasteiger partial charge in [-0.05, 0) is 6.42 Å². The molecule has 0 N–H and O–H groups in total. The van der Waals surface area contributed by atoms with Crippen molar-refractivity contribution in [2.45, 2.75) is 12.8 Å².